The highest BCUT2D eigenvalue weighted by Gasteiger charge is 2.31. The molecule has 1 atom stereocenters. The van der Waals surface area contributed by atoms with Crippen LogP contribution in [-0.4, -0.2) is 23.0 Å². The van der Waals surface area contributed by atoms with E-state index in [2.05, 4.69) is 0 Å². The molecule has 1 N–H and O–H groups in total. The summed E-state index contributed by atoms with van der Waals surface area (Å²) in [5.41, 5.74) is 0.876. The van der Waals surface area contributed by atoms with Crippen LogP contribution in [0.3, 0.4) is 0 Å². The number of hydrogen-bond donors (Lipinski definition) is 1. The van der Waals surface area contributed by atoms with Crippen LogP contribution < -0.4 is 0 Å². The van der Waals surface area contributed by atoms with E-state index in [1.54, 1.807) is 18.0 Å². The van der Waals surface area contributed by atoms with Crippen LogP contribution in [0, 0.1) is 0 Å². The van der Waals surface area contributed by atoms with Crippen molar-refractivity contribution in [3.8, 4) is 5.75 Å². The maximum Gasteiger partial charge on any atom is 0.222 e. The van der Waals surface area contributed by atoms with Gasteiger partial charge < -0.3 is 10.0 Å². The summed E-state index contributed by atoms with van der Waals surface area (Å²) >= 11 is 0. The third-order valence-electron chi connectivity index (χ3n) is 3.77. The maximum atomic E-state index is 11.6. The number of carbonyl (C=O) groups excluding carboxylic acids is 1. The molecule has 0 spiro atoms. The average Bonchev–Trinajstić information content (AvgIpc) is 2.70. The quantitative estimate of drug-likeness (QED) is 0.834. The topological polar surface area (TPSA) is 40.5 Å². The molecule has 2 aromatic rings. The largest absolute Gasteiger partial charge is 0.508 e. The van der Waals surface area contributed by atoms with Crippen molar-refractivity contribution in [1.29, 1.82) is 0 Å². The summed E-state index contributed by atoms with van der Waals surface area (Å²) in [4.78, 5) is 13.4. The monoisotopic (exact) mass is 241 g/mol. The zero-order valence-electron chi connectivity index (χ0n) is 10.3. The van der Waals surface area contributed by atoms with Gasteiger partial charge in [0.05, 0.1) is 6.04 Å². The number of fused-ring (bicyclic) bond motifs is 1. The summed E-state index contributed by atoms with van der Waals surface area (Å²) in [7, 11) is 1.81. The Hall–Kier alpha value is -2.03. The average molecular weight is 241 g/mol. The standard InChI is InChI=1S/C15H15NO2/c1-16-12(7-9-14(16)18)15-11-5-3-2-4-10(11)6-8-13(15)17/h2-6,8,12,17H,7,9H2,1H3/t12-/m0/s1. The Kier molecular flexibility index (Phi) is 2.47. The van der Waals surface area contributed by atoms with E-state index in [4.69, 9.17) is 0 Å². The van der Waals surface area contributed by atoms with E-state index in [1.807, 2.05) is 30.3 Å². The smallest absolute Gasteiger partial charge is 0.222 e. The summed E-state index contributed by atoms with van der Waals surface area (Å²) in [6.07, 6.45) is 1.33. The number of carbonyl (C=O) groups is 1. The van der Waals surface area contributed by atoms with E-state index in [9.17, 15) is 9.90 Å². The molecule has 18 heavy (non-hydrogen) atoms. The van der Waals surface area contributed by atoms with Crippen molar-refractivity contribution in [2.75, 3.05) is 7.05 Å². The van der Waals surface area contributed by atoms with Crippen molar-refractivity contribution < 1.29 is 9.90 Å². The van der Waals surface area contributed by atoms with E-state index in [1.165, 1.54) is 0 Å². The first-order valence-corrected chi connectivity index (χ1v) is 6.15. The Bertz CT molecular complexity index is 621. The number of phenolic OH excluding ortho intramolecular Hbond substituents is 1. The fourth-order valence-electron chi connectivity index (χ4n) is 2.78. The van der Waals surface area contributed by atoms with Gasteiger partial charge in [-0.3, -0.25) is 4.79 Å². The van der Waals surface area contributed by atoms with E-state index < -0.39 is 0 Å². The van der Waals surface area contributed by atoms with Crippen molar-refractivity contribution in [1.82, 2.24) is 4.90 Å². The van der Waals surface area contributed by atoms with Crippen LogP contribution in [0.1, 0.15) is 24.4 Å². The molecule has 1 fully saturated rings. The molecule has 0 aliphatic carbocycles. The van der Waals surface area contributed by atoms with Gasteiger partial charge >= 0.3 is 0 Å². The van der Waals surface area contributed by atoms with Crippen molar-refractivity contribution in [3.05, 3.63) is 42.0 Å². The Labute approximate surface area is 106 Å². The SMILES string of the molecule is CN1C(=O)CC[C@H]1c1c(O)ccc2ccccc12. The van der Waals surface area contributed by atoms with Crippen LogP contribution >= 0.6 is 0 Å². The molecule has 3 nitrogen and oxygen atoms in total. The van der Waals surface area contributed by atoms with Gasteiger partial charge in [0.15, 0.2) is 0 Å². The molecule has 2 aromatic carbocycles. The number of amides is 1. The number of aromatic hydroxyl groups is 1. The fourth-order valence-corrected chi connectivity index (χ4v) is 2.78. The van der Waals surface area contributed by atoms with E-state index in [0.29, 0.717) is 6.42 Å². The third-order valence-corrected chi connectivity index (χ3v) is 3.77. The van der Waals surface area contributed by atoms with Gasteiger partial charge in [-0.1, -0.05) is 30.3 Å². The van der Waals surface area contributed by atoms with E-state index >= 15 is 0 Å². The van der Waals surface area contributed by atoms with Crippen molar-refractivity contribution in [3.63, 3.8) is 0 Å². The van der Waals surface area contributed by atoms with Gasteiger partial charge in [0, 0.05) is 19.0 Å². The molecule has 1 heterocycles. The van der Waals surface area contributed by atoms with Crippen LogP contribution in [0.15, 0.2) is 36.4 Å². The Morgan fingerprint density at radius 1 is 1.22 bits per heavy atom. The lowest BCUT2D eigenvalue weighted by Crippen LogP contribution is -2.22. The molecule has 3 rings (SSSR count). The summed E-state index contributed by atoms with van der Waals surface area (Å²) in [6, 6.07) is 11.6. The number of hydrogen-bond acceptors (Lipinski definition) is 2. The van der Waals surface area contributed by atoms with Crippen LogP contribution in [0.5, 0.6) is 5.75 Å². The number of phenols is 1. The second-order valence-electron chi connectivity index (χ2n) is 4.78. The molecule has 0 aromatic heterocycles. The van der Waals surface area contributed by atoms with Crippen LogP contribution in [0.2, 0.25) is 0 Å². The van der Waals surface area contributed by atoms with Gasteiger partial charge in [-0.15, -0.1) is 0 Å². The number of rotatable bonds is 1. The maximum absolute atomic E-state index is 11.6. The van der Waals surface area contributed by atoms with Gasteiger partial charge in [0.1, 0.15) is 5.75 Å². The number of nitrogens with zero attached hydrogens (tertiary/aromatic N) is 1. The Balaban J connectivity index is 2.22. The minimum atomic E-state index is -0.0106. The first-order chi connectivity index (χ1) is 8.68. The van der Waals surface area contributed by atoms with Crippen molar-refractivity contribution >= 4 is 16.7 Å². The summed E-state index contributed by atoms with van der Waals surface area (Å²) in [5, 5.41) is 12.3. The highest BCUT2D eigenvalue weighted by molar-refractivity contribution is 5.89. The molecule has 0 unspecified atom stereocenters. The molecule has 92 valence electrons. The second-order valence-corrected chi connectivity index (χ2v) is 4.78. The summed E-state index contributed by atoms with van der Waals surface area (Å²) in [6.45, 7) is 0. The molecule has 1 aliphatic heterocycles. The first-order valence-electron chi connectivity index (χ1n) is 6.15. The molecule has 1 saturated heterocycles. The van der Waals surface area contributed by atoms with Gasteiger partial charge in [-0.05, 0) is 23.3 Å². The lowest BCUT2D eigenvalue weighted by atomic mass is 9.96. The Morgan fingerprint density at radius 3 is 2.72 bits per heavy atom. The first kappa shape index (κ1) is 11.1. The van der Waals surface area contributed by atoms with Gasteiger partial charge in [-0.2, -0.15) is 0 Å². The molecule has 3 heteroatoms. The molecule has 1 aliphatic rings. The normalized spacial score (nSPS) is 19.7. The molecule has 1 amide bonds. The zero-order chi connectivity index (χ0) is 12.7. The highest BCUT2D eigenvalue weighted by atomic mass is 16.3. The van der Waals surface area contributed by atoms with Crippen LogP contribution in [0.4, 0.5) is 0 Å². The Morgan fingerprint density at radius 2 is 2.00 bits per heavy atom. The van der Waals surface area contributed by atoms with E-state index in [0.717, 1.165) is 22.8 Å². The molecular weight excluding hydrogens is 226 g/mol. The summed E-state index contributed by atoms with van der Waals surface area (Å²) in [5.74, 6) is 0.424. The van der Waals surface area contributed by atoms with Gasteiger partial charge in [-0.25, -0.2) is 0 Å². The van der Waals surface area contributed by atoms with E-state index in [-0.39, 0.29) is 17.7 Å². The highest BCUT2D eigenvalue weighted by Crippen LogP contribution is 2.40. The predicted octanol–water partition coefficient (Wildman–Crippen LogP) is 2.84. The number of benzene rings is 2. The lowest BCUT2D eigenvalue weighted by Gasteiger charge is -2.22. The summed E-state index contributed by atoms with van der Waals surface area (Å²) < 4.78 is 0. The van der Waals surface area contributed by atoms with Gasteiger partial charge in [0.2, 0.25) is 5.91 Å². The predicted molar refractivity (Wildman–Crippen MR) is 70.4 cm³/mol. The van der Waals surface area contributed by atoms with Crippen LogP contribution in [0.25, 0.3) is 10.8 Å². The van der Waals surface area contributed by atoms with Crippen LogP contribution in [-0.2, 0) is 4.79 Å². The lowest BCUT2D eigenvalue weighted by molar-refractivity contribution is -0.127. The third kappa shape index (κ3) is 1.55. The minimum absolute atomic E-state index is 0.0106. The fraction of sp³-hybridized carbons (Fsp3) is 0.267. The molecule has 0 bridgehead atoms. The minimum Gasteiger partial charge on any atom is -0.508 e. The molecule has 0 radical (unpaired) electrons. The van der Waals surface area contributed by atoms with Crippen molar-refractivity contribution in [2.24, 2.45) is 0 Å². The molecule has 0 saturated carbocycles. The number of likely N-dealkylation sites (tertiary alicyclic amines) is 1. The second kappa shape index (κ2) is 4.02. The van der Waals surface area contributed by atoms with Gasteiger partial charge in [0.25, 0.3) is 0 Å². The van der Waals surface area contributed by atoms with Crippen molar-refractivity contribution in [2.45, 2.75) is 18.9 Å². The zero-order valence-corrected chi connectivity index (χ0v) is 10.3. The molecular formula is C15H15NO2.